The molecule has 0 bridgehead atoms. The van der Waals surface area contributed by atoms with Gasteiger partial charge in [-0.1, -0.05) is 55.3 Å². The van der Waals surface area contributed by atoms with Gasteiger partial charge in [0.25, 0.3) is 0 Å². The standard InChI is InChI=1S/C31H42N4O7S/c1-30(2,3)42-29(39)32-24-16-11-6-4-5-10-15-23-21-31(23,33-26(36)25-17-12-19-35(25)27(24)37)28(38)34-43(40,41)20-18-22-13-8-7-9-14-22/h7-10,13-15,18,20,23-25H,4-6,11-12,16-17,19,21H2,1-3H3,(H,32,39)(H,33,36)(H,34,38)/p+1. The number of primary amides is 1. The lowest BCUT2D eigenvalue weighted by Crippen LogP contribution is -2.94. The van der Waals surface area contributed by atoms with Crippen molar-refractivity contribution in [1.29, 1.82) is 0 Å². The number of fused-ring (bicyclic) bond motifs is 2. The van der Waals surface area contributed by atoms with Crippen molar-refractivity contribution < 1.29 is 37.1 Å². The Balaban J connectivity index is 1.53. The summed E-state index contributed by atoms with van der Waals surface area (Å²) in [6.07, 6.45) is 9.27. The molecule has 0 spiro atoms. The van der Waals surface area contributed by atoms with E-state index in [0.717, 1.165) is 24.7 Å². The highest BCUT2D eigenvalue weighted by Gasteiger charge is 2.64. The van der Waals surface area contributed by atoms with Gasteiger partial charge in [-0.15, -0.1) is 0 Å². The zero-order chi connectivity index (χ0) is 31.3. The fourth-order valence-electron chi connectivity index (χ4n) is 5.60. The first-order chi connectivity index (χ1) is 20.3. The van der Waals surface area contributed by atoms with Crippen LogP contribution < -0.4 is 15.4 Å². The maximum absolute atomic E-state index is 13.7. The number of nitrogens with two attached hydrogens (primary N) is 1. The number of hydrogen-bond donors (Lipinski definition) is 3. The van der Waals surface area contributed by atoms with Gasteiger partial charge in [0.2, 0.25) is 11.8 Å². The molecule has 1 saturated carbocycles. The molecule has 2 heterocycles. The van der Waals surface area contributed by atoms with Crippen LogP contribution in [0.3, 0.4) is 0 Å². The lowest BCUT2D eigenvalue weighted by molar-refractivity contribution is -0.415. The number of nitrogens with zero attached hydrogens (tertiary/aromatic N) is 1. The highest BCUT2D eigenvalue weighted by atomic mass is 32.2. The van der Waals surface area contributed by atoms with E-state index >= 15 is 0 Å². The summed E-state index contributed by atoms with van der Waals surface area (Å²) in [4.78, 5) is 54.9. The van der Waals surface area contributed by atoms with Gasteiger partial charge >= 0.3 is 22.0 Å². The minimum atomic E-state index is -4.03. The van der Waals surface area contributed by atoms with Crippen LogP contribution in [-0.4, -0.2) is 66.9 Å². The number of sulfonamides is 1. The van der Waals surface area contributed by atoms with E-state index in [2.05, 4.69) is 10.6 Å². The Kier molecular flexibility index (Phi) is 10.1. The van der Waals surface area contributed by atoms with Crippen molar-refractivity contribution in [3.63, 3.8) is 0 Å². The van der Waals surface area contributed by atoms with Gasteiger partial charge in [-0.25, -0.2) is 9.59 Å². The van der Waals surface area contributed by atoms with Crippen LogP contribution in [0, 0.1) is 5.92 Å². The van der Waals surface area contributed by atoms with Crippen LogP contribution in [0.15, 0.2) is 47.9 Å². The van der Waals surface area contributed by atoms with Gasteiger partial charge in [-0.05, 0) is 70.9 Å². The second-order valence-electron chi connectivity index (χ2n) is 12.5. The van der Waals surface area contributed by atoms with Crippen molar-refractivity contribution in [1.82, 2.24) is 15.5 Å². The molecule has 4 unspecified atom stereocenters. The smallest absolute Gasteiger partial charge is 0.408 e. The van der Waals surface area contributed by atoms with E-state index in [0.29, 0.717) is 42.5 Å². The fraction of sp³-hybridized carbons (Fsp3) is 0.548. The zero-order valence-electron chi connectivity index (χ0n) is 25.1. The van der Waals surface area contributed by atoms with Crippen LogP contribution in [0.4, 0.5) is 4.79 Å². The van der Waals surface area contributed by atoms with Crippen LogP contribution in [0.25, 0.3) is 6.08 Å². The summed E-state index contributed by atoms with van der Waals surface area (Å²) in [6.45, 7) is 5.55. The number of ether oxygens (including phenoxy) is 1. The highest BCUT2D eigenvalue weighted by molar-refractivity contribution is 7.88. The van der Waals surface area contributed by atoms with Gasteiger partial charge in [-0.3, -0.25) is 9.59 Å². The zero-order valence-corrected chi connectivity index (χ0v) is 25.9. The Hall–Kier alpha value is -3.51. The van der Waals surface area contributed by atoms with Gasteiger partial charge in [0, 0.05) is 12.5 Å². The molecule has 1 aromatic rings. The molecule has 4 rings (SSSR count). The van der Waals surface area contributed by atoms with Crippen molar-refractivity contribution in [2.75, 3.05) is 6.54 Å². The first-order valence-electron chi connectivity index (χ1n) is 15.0. The van der Waals surface area contributed by atoms with Crippen LogP contribution in [0.1, 0.15) is 77.7 Å². The van der Waals surface area contributed by atoms with E-state index in [9.17, 15) is 27.6 Å². The summed E-state index contributed by atoms with van der Waals surface area (Å²) in [7, 11) is -4.03. The topological polar surface area (TPSA) is 156 Å². The van der Waals surface area contributed by atoms with Gasteiger partial charge in [0.1, 0.15) is 17.7 Å². The Morgan fingerprint density at radius 1 is 1.09 bits per heavy atom. The number of primary sulfonamides is 1. The number of carbonyl (C=O) groups excluding carboxylic acids is 4. The first-order valence-corrected chi connectivity index (χ1v) is 16.6. The van der Waals surface area contributed by atoms with Crippen molar-refractivity contribution >= 4 is 39.9 Å². The number of rotatable bonds is 5. The predicted molar refractivity (Wildman–Crippen MR) is 160 cm³/mol. The molecule has 0 radical (unpaired) electrons. The molecule has 3 aliphatic rings. The molecule has 1 aliphatic carbocycles. The maximum Gasteiger partial charge on any atom is 0.408 e. The van der Waals surface area contributed by atoms with E-state index < -0.39 is 51.2 Å². The SMILES string of the molecule is CC(C)(C)OC(=O)NC1CCCCCC=CC2CC2(C(=O)[NH2+]S(=O)(=O)C=Cc2ccccc2)NC(=O)C2CCCN2C1=O. The Morgan fingerprint density at radius 2 is 1.84 bits per heavy atom. The van der Waals surface area contributed by atoms with Crippen molar-refractivity contribution in [2.24, 2.45) is 5.92 Å². The molecule has 4 atom stereocenters. The normalized spacial score (nSPS) is 27.0. The molecule has 4 N–H and O–H groups in total. The third-order valence-electron chi connectivity index (χ3n) is 7.88. The number of benzene rings is 1. The number of amides is 4. The number of quaternary nitrogens is 1. The molecule has 4 amide bonds. The largest absolute Gasteiger partial charge is 0.444 e. The first kappa shape index (κ1) is 32.4. The summed E-state index contributed by atoms with van der Waals surface area (Å²) in [5, 5.41) is 6.53. The molecule has 2 fully saturated rings. The van der Waals surface area contributed by atoms with Crippen molar-refractivity contribution in [3.05, 3.63) is 53.5 Å². The molecular weight excluding hydrogens is 572 g/mol. The molecule has 2 aliphatic heterocycles. The molecule has 234 valence electrons. The quantitative estimate of drug-likeness (QED) is 0.430. The molecular formula is C31H43N4O7S+. The molecule has 0 aromatic heterocycles. The van der Waals surface area contributed by atoms with Gasteiger partial charge in [0.05, 0.1) is 5.41 Å². The summed E-state index contributed by atoms with van der Waals surface area (Å²) >= 11 is 0. The third kappa shape index (κ3) is 8.76. The number of alkyl carbamates (subject to hydrolysis) is 1. The minimum Gasteiger partial charge on any atom is -0.444 e. The van der Waals surface area contributed by atoms with Gasteiger partial charge in [-0.2, -0.15) is 13.1 Å². The Labute approximate surface area is 253 Å². The second kappa shape index (κ2) is 13.4. The molecule has 1 aromatic carbocycles. The van der Waals surface area contributed by atoms with Crippen LogP contribution in [-0.2, 0) is 29.1 Å². The third-order valence-corrected chi connectivity index (χ3v) is 8.94. The second-order valence-corrected chi connectivity index (χ2v) is 14.2. The lowest BCUT2D eigenvalue weighted by atomic mass is 10.0. The summed E-state index contributed by atoms with van der Waals surface area (Å²) in [5.74, 6) is -1.93. The Morgan fingerprint density at radius 3 is 2.56 bits per heavy atom. The average Bonchev–Trinajstić information content (AvgIpc) is 3.39. The van der Waals surface area contributed by atoms with Gasteiger partial charge < -0.3 is 20.3 Å². The van der Waals surface area contributed by atoms with Crippen molar-refractivity contribution in [2.45, 2.75) is 95.4 Å². The highest BCUT2D eigenvalue weighted by Crippen LogP contribution is 2.45. The number of hydrogen-bond acceptors (Lipinski definition) is 7. The fourth-order valence-corrected chi connectivity index (χ4v) is 6.54. The Bertz CT molecular complexity index is 1370. The summed E-state index contributed by atoms with van der Waals surface area (Å²) in [5.41, 5.74) is -1.46. The van der Waals surface area contributed by atoms with Crippen LogP contribution in [0.2, 0.25) is 0 Å². The maximum atomic E-state index is 13.7. The molecule has 11 nitrogen and oxygen atoms in total. The summed E-state index contributed by atoms with van der Waals surface area (Å²) in [6, 6.07) is 7.16. The van der Waals surface area contributed by atoms with E-state index in [-0.39, 0.29) is 18.2 Å². The molecule has 1 saturated heterocycles. The predicted octanol–water partition coefficient (Wildman–Crippen LogP) is 2.36. The van der Waals surface area contributed by atoms with Crippen molar-refractivity contribution in [3.8, 4) is 0 Å². The minimum absolute atomic E-state index is 0.270. The van der Waals surface area contributed by atoms with Gasteiger partial charge in [0.15, 0.2) is 5.54 Å². The number of carbonyl (C=O) groups is 4. The lowest BCUT2D eigenvalue weighted by Gasteiger charge is -2.30. The van der Waals surface area contributed by atoms with E-state index in [1.165, 1.54) is 11.0 Å². The van der Waals surface area contributed by atoms with Crippen LogP contribution in [0.5, 0.6) is 0 Å². The number of allylic oxidation sites excluding steroid dienone is 1. The summed E-state index contributed by atoms with van der Waals surface area (Å²) < 4.78 is 31.8. The van der Waals surface area contributed by atoms with E-state index in [1.54, 1.807) is 45.0 Å². The van der Waals surface area contributed by atoms with E-state index in [1.807, 2.05) is 18.2 Å². The monoisotopic (exact) mass is 615 g/mol. The van der Waals surface area contributed by atoms with Crippen LogP contribution >= 0.6 is 0 Å². The average molecular weight is 616 g/mol. The van der Waals surface area contributed by atoms with E-state index in [4.69, 9.17) is 4.74 Å². The molecule has 43 heavy (non-hydrogen) atoms. The number of nitrogens with one attached hydrogen (secondary N) is 2. The molecule has 12 heteroatoms.